The molecule has 1 unspecified atom stereocenters. The number of rotatable bonds is 5. The van der Waals surface area contributed by atoms with Crippen molar-refractivity contribution < 1.29 is 9.84 Å². The molecule has 1 atom stereocenters. The second-order valence-electron chi connectivity index (χ2n) is 4.59. The summed E-state index contributed by atoms with van der Waals surface area (Å²) in [6.07, 6.45) is -0.455. The fourth-order valence-electron chi connectivity index (χ4n) is 1.79. The van der Waals surface area contributed by atoms with Gasteiger partial charge in [0, 0.05) is 6.54 Å². The summed E-state index contributed by atoms with van der Waals surface area (Å²) in [5.41, 5.74) is 8.99. The highest BCUT2D eigenvalue weighted by atomic mass is 16.5. The maximum Gasteiger partial charge on any atom is 0.119 e. The van der Waals surface area contributed by atoms with E-state index in [-0.39, 0.29) is 0 Å². The number of benzene rings is 2. The maximum atomic E-state index is 9.16. The van der Waals surface area contributed by atoms with Crippen molar-refractivity contribution in [1.82, 2.24) is 0 Å². The van der Waals surface area contributed by atoms with Gasteiger partial charge in [0.25, 0.3) is 0 Å². The first-order valence-electron chi connectivity index (χ1n) is 6.39. The summed E-state index contributed by atoms with van der Waals surface area (Å²) < 4.78 is 5.43. The smallest absolute Gasteiger partial charge is 0.119 e. The predicted octanol–water partition coefficient (Wildman–Crippen LogP) is 2.57. The van der Waals surface area contributed by atoms with Gasteiger partial charge in [-0.2, -0.15) is 0 Å². The zero-order valence-electron chi connectivity index (χ0n) is 11.0. The summed E-state index contributed by atoms with van der Waals surface area (Å²) in [7, 11) is 0. The molecule has 0 aliphatic carbocycles. The van der Waals surface area contributed by atoms with Gasteiger partial charge in [-0.15, -0.1) is 0 Å². The third kappa shape index (κ3) is 3.81. The lowest BCUT2D eigenvalue weighted by atomic mass is 10.0. The molecule has 3 heteroatoms. The second-order valence-corrected chi connectivity index (χ2v) is 4.59. The SMILES string of the molecule is CC(O)COc1ccc(-c2ccc(CN)cc2)cc1. The lowest BCUT2D eigenvalue weighted by Gasteiger charge is -2.09. The summed E-state index contributed by atoms with van der Waals surface area (Å²) in [5.74, 6) is 0.767. The molecule has 100 valence electrons. The predicted molar refractivity (Wildman–Crippen MR) is 76.9 cm³/mol. The largest absolute Gasteiger partial charge is 0.491 e. The van der Waals surface area contributed by atoms with E-state index in [1.54, 1.807) is 6.92 Å². The molecular weight excluding hydrogens is 238 g/mol. The lowest BCUT2D eigenvalue weighted by Crippen LogP contribution is -2.12. The molecule has 0 aliphatic heterocycles. The van der Waals surface area contributed by atoms with Gasteiger partial charge >= 0.3 is 0 Å². The summed E-state index contributed by atoms with van der Waals surface area (Å²) >= 11 is 0. The van der Waals surface area contributed by atoms with Crippen LogP contribution < -0.4 is 10.5 Å². The molecule has 2 aromatic rings. The number of ether oxygens (including phenoxy) is 1. The quantitative estimate of drug-likeness (QED) is 0.865. The average molecular weight is 257 g/mol. The van der Waals surface area contributed by atoms with E-state index in [1.807, 2.05) is 36.4 Å². The highest BCUT2D eigenvalue weighted by Crippen LogP contribution is 2.22. The van der Waals surface area contributed by atoms with Crippen molar-refractivity contribution in [3.63, 3.8) is 0 Å². The Morgan fingerprint density at radius 1 is 1.00 bits per heavy atom. The molecule has 0 heterocycles. The van der Waals surface area contributed by atoms with Crippen molar-refractivity contribution in [2.75, 3.05) is 6.61 Å². The molecule has 3 nitrogen and oxygen atoms in total. The minimum absolute atomic E-state index is 0.310. The van der Waals surface area contributed by atoms with Crippen LogP contribution in [-0.2, 0) is 6.54 Å². The Labute approximate surface area is 113 Å². The van der Waals surface area contributed by atoms with Crippen LogP contribution in [0.5, 0.6) is 5.75 Å². The van der Waals surface area contributed by atoms with Crippen LogP contribution in [0.4, 0.5) is 0 Å². The van der Waals surface area contributed by atoms with E-state index in [0.717, 1.165) is 22.4 Å². The van der Waals surface area contributed by atoms with Crippen molar-refractivity contribution in [2.45, 2.75) is 19.6 Å². The fourth-order valence-corrected chi connectivity index (χ4v) is 1.79. The summed E-state index contributed by atoms with van der Waals surface area (Å²) in [4.78, 5) is 0. The first-order chi connectivity index (χ1) is 9.19. The molecule has 0 aromatic heterocycles. The van der Waals surface area contributed by atoms with Gasteiger partial charge < -0.3 is 15.6 Å². The first-order valence-corrected chi connectivity index (χ1v) is 6.39. The molecule has 0 spiro atoms. The Morgan fingerprint density at radius 3 is 2.00 bits per heavy atom. The van der Waals surface area contributed by atoms with Crippen molar-refractivity contribution in [3.8, 4) is 16.9 Å². The lowest BCUT2D eigenvalue weighted by molar-refractivity contribution is 0.123. The van der Waals surface area contributed by atoms with E-state index in [4.69, 9.17) is 15.6 Å². The normalized spacial score (nSPS) is 12.2. The van der Waals surface area contributed by atoms with E-state index in [9.17, 15) is 0 Å². The molecule has 3 N–H and O–H groups in total. The van der Waals surface area contributed by atoms with Gasteiger partial charge in [0.1, 0.15) is 12.4 Å². The number of aliphatic hydroxyl groups excluding tert-OH is 1. The molecule has 0 saturated heterocycles. The number of aliphatic hydroxyl groups is 1. The molecule has 0 bridgehead atoms. The Morgan fingerprint density at radius 2 is 1.53 bits per heavy atom. The van der Waals surface area contributed by atoms with Crippen LogP contribution in [0.25, 0.3) is 11.1 Å². The van der Waals surface area contributed by atoms with E-state index in [2.05, 4.69) is 12.1 Å². The highest BCUT2D eigenvalue weighted by Gasteiger charge is 2.00. The molecule has 0 radical (unpaired) electrons. The van der Waals surface area contributed by atoms with Gasteiger partial charge in [-0.25, -0.2) is 0 Å². The third-order valence-corrected chi connectivity index (χ3v) is 2.87. The van der Waals surface area contributed by atoms with Crippen LogP contribution in [0.15, 0.2) is 48.5 Å². The molecular formula is C16H19NO2. The van der Waals surface area contributed by atoms with Gasteiger partial charge in [0.2, 0.25) is 0 Å². The van der Waals surface area contributed by atoms with E-state index in [0.29, 0.717) is 13.2 Å². The van der Waals surface area contributed by atoms with Gasteiger partial charge in [0.15, 0.2) is 0 Å². The van der Waals surface area contributed by atoms with Gasteiger partial charge in [-0.1, -0.05) is 36.4 Å². The molecule has 2 rings (SSSR count). The van der Waals surface area contributed by atoms with Crippen molar-refractivity contribution in [1.29, 1.82) is 0 Å². The zero-order valence-corrected chi connectivity index (χ0v) is 11.0. The van der Waals surface area contributed by atoms with Crippen LogP contribution in [0.3, 0.4) is 0 Å². The molecule has 19 heavy (non-hydrogen) atoms. The van der Waals surface area contributed by atoms with Crippen LogP contribution >= 0.6 is 0 Å². The van der Waals surface area contributed by atoms with Crippen molar-refractivity contribution in [3.05, 3.63) is 54.1 Å². The van der Waals surface area contributed by atoms with Crippen molar-refractivity contribution >= 4 is 0 Å². The van der Waals surface area contributed by atoms with Gasteiger partial charge in [-0.3, -0.25) is 0 Å². The Balaban J connectivity index is 2.08. The second kappa shape index (κ2) is 6.36. The standard InChI is InChI=1S/C16H19NO2/c1-12(18)11-19-16-8-6-15(7-9-16)14-4-2-13(10-17)3-5-14/h2-9,12,18H,10-11,17H2,1H3. The third-order valence-electron chi connectivity index (χ3n) is 2.87. The Bertz CT molecular complexity index is 503. The van der Waals surface area contributed by atoms with Crippen LogP contribution in [-0.4, -0.2) is 17.8 Å². The van der Waals surface area contributed by atoms with Crippen LogP contribution in [0.2, 0.25) is 0 Å². The number of nitrogens with two attached hydrogens (primary N) is 1. The topological polar surface area (TPSA) is 55.5 Å². The molecule has 0 fully saturated rings. The van der Waals surface area contributed by atoms with E-state index in [1.165, 1.54) is 0 Å². The summed E-state index contributed by atoms with van der Waals surface area (Å²) in [5, 5.41) is 9.16. The van der Waals surface area contributed by atoms with E-state index < -0.39 is 6.10 Å². The monoisotopic (exact) mass is 257 g/mol. The van der Waals surface area contributed by atoms with Gasteiger partial charge in [-0.05, 0) is 35.7 Å². The average Bonchev–Trinajstić information content (AvgIpc) is 2.46. The molecule has 2 aromatic carbocycles. The van der Waals surface area contributed by atoms with Gasteiger partial charge in [0.05, 0.1) is 6.10 Å². The zero-order chi connectivity index (χ0) is 13.7. The van der Waals surface area contributed by atoms with Crippen LogP contribution in [0.1, 0.15) is 12.5 Å². The highest BCUT2D eigenvalue weighted by molar-refractivity contribution is 5.64. The minimum atomic E-state index is -0.455. The number of hydrogen-bond donors (Lipinski definition) is 2. The summed E-state index contributed by atoms with van der Waals surface area (Å²) in [6.45, 7) is 2.57. The fraction of sp³-hybridized carbons (Fsp3) is 0.250. The van der Waals surface area contributed by atoms with E-state index >= 15 is 0 Å². The maximum absolute atomic E-state index is 9.16. The summed E-state index contributed by atoms with van der Waals surface area (Å²) in [6, 6.07) is 16.0. The molecule has 0 saturated carbocycles. The molecule has 0 aliphatic rings. The van der Waals surface area contributed by atoms with Crippen molar-refractivity contribution in [2.24, 2.45) is 5.73 Å². The minimum Gasteiger partial charge on any atom is -0.491 e. The molecule has 0 amide bonds. The Kier molecular flexibility index (Phi) is 4.55. The Hall–Kier alpha value is -1.84. The van der Waals surface area contributed by atoms with Crippen LogP contribution in [0, 0.1) is 0 Å². The number of hydrogen-bond acceptors (Lipinski definition) is 3. The first kappa shape index (κ1) is 13.6.